The Morgan fingerprint density at radius 2 is 0.809 bits per heavy atom. The number of anilines is 2. The molecule has 234 valence electrons. The minimum atomic E-state index is 0. The lowest BCUT2D eigenvalue weighted by molar-refractivity contribution is -0.688. The molecule has 6 nitrogen and oxygen atoms in total. The molecular weight excluding hydrogens is 600 g/mol. The van der Waals surface area contributed by atoms with Crippen molar-refractivity contribution in [3.63, 3.8) is 0 Å². The highest BCUT2D eigenvalue weighted by molar-refractivity contribution is 5.80. The van der Waals surface area contributed by atoms with E-state index in [-0.39, 0.29) is 12.4 Å². The summed E-state index contributed by atoms with van der Waals surface area (Å²) in [4.78, 5) is 0. The Balaban J connectivity index is 0.00000433. The van der Waals surface area contributed by atoms with E-state index in [1.807, 2.05) is 97.2 Å². The Bertz CT molecular complexity index is 1730. The molecular formula is C40H38ClN6+. The number of rotatable bonds is 11. The summed E-state index contributed by atoms with van der Waals surface area (Å²) in [5.74, 6) is 0. The fourth-order valence-electron chi connectivity index (χ4n) is 5.07. The van der Waals surface area contributed by atoms with E-state index in [1.165, 1.54) is 22.3 Å². The molecule has 0 spiro atoms. The van der Waals surface area contributed by atoms with Gasteiger partial charge < -0.3 is 12.4 Å². The van der Waals surface area contributed by atoms with Crippen LogP contribution in [-0.4, -0.2) is 26.5 Å². The molecule has 0 amide bonds. The van der Waals surface area contributed by atoms with Gasteiger partial charge in [0.05, 0.1) is 23.8 Å². The van der Waals surface area contributed by atoms with Crippen LogP contribution in [0.3, 0.4) is 0 Å². The van der Waals surface area contributed by atoms with Crippen molar-refractivity contribution in [2.45, 2.75) is 13.1 Å². The fraction of sp³-hybridized carbons (Fsp3) is 0.100. The van der Waals surface area contributed by atoms with Gasteiger partial charge in [-0.1, -0.05) is 84.9 Å². The van der Waals surface area contributed by atoms with E-state index in [9.17, 15) is 0 Å². The van der Waals surface area contributed by atoms with Crippen LogP contribution >= 0.6 is 0 Å². The van der Waals surface area contributed by atoms with Crippen molar-refractivity contribution in [2.24, 2.45) is 10.2 Å². The molecule has 47 heavy (non-hydrogen) atoms. The van der Waals surface area contributed by atoms with Gasteiger partial charge in [0.2, 0.25) is 0 Å². The molecule has 0 fully saturated rings. The van der Waals surface area contributed by atoms with Gasteiger partial charge in [0.25, 0.3) is 0 Å². The third-order valence-corrected chi connectivity index (χ3v) is 7.83. The molecule has 0 atom stereocenters. The average Bonchev–Trinajstić information content (AvgIpc) is 3.12. The second kappa shape index (κ2) is 16.1. The van der Waals surface area contributed by atoms with Gasteiger partial charge in [-0.2, -0.15) is 10.2 Å². The van der Waals surface area contributed by atoms with Crippen molar-refractivity contribution >= 4 is 23.8 Å². The van der Waals surface area contributed by atoms with Crippen molar-refractivity contribution in [3.8, 4) is 11.1 Å². The summed E-state index contributed by atoms with van der Waals surface area (Å²) in [6.45, 7) is 1.62. The largest absolute Gasteiger partial charge is 1.00 e. The molecule has 0 aliphatic heterocycles. The van der Waals surface area contributed by atoms with Crippen LogP contribution in [0.1, 0.15) is 22.3 Å². The molecule has 2 aromatic heterocycles. The maximum absolute atomic E-state index is 4.56. The van der Waals surface area contributed by atoms with Crippen LogP contribution in [-0.2, 0) is 13.1 Å². The number of nitrogens with zero attached hydrogens (tertiary/aromatic N) is 6. The van der Waals surface area contributed by atoms with Crippen molar-refractivity contribution in [1.82, 2.24) is 0 Å². The van der Waals surface area contributed by atoms with Crippen LogP contribution in [0.15, 0.2) is 168 Å². The Hall–Kier alpha value is -5.59. The topological polar surface area (TPSA) is 39.0 Å². The average molecular weight is 638 g/mol. The third kappa shape index (κ3) is 9.22. The summed E-state index contributed by atoms with van der Waals surface area (Å²) in [5, 5.41) is 12.9. The highest BCUT2D eigenvalue weighted by atomic mass is 35.5. The van der Waals surface area contributed by atoms with E-state index in [4.69, 9.17) is 0 Å². The van der Waals surface area contributed by atoms with Crippen LogP contribution in [0.4, 0.5) is 11.4 Å². The quantitative estimate of drug-likeness (QED) is 0.123. The van der Waals surface area contributed by atoms with E-state index < -0.39 is 0 Å². The molecule has 6 aromatic rings. The summed E-state index contributed by atoms with van der Waals surface area (Å²) < 4.78 is 4.37. The third-order valence-electron chi connectivity index (χ3n) is 7.83. The van der Waals surface area contributed by atoms with Crippen LogP contribution in [0.25, 0.3) is 11.1 Å². The highest BCUT2D eigenvalue weighted by Gasteiger charge is 2.07. The number of hydrogen-bond donors (Lipinski definition) is 0. The number of hydrazone groups is 2. The van der Waals surface area contributed by atoms with Gasteiger partial charge in [-0.3, -0.25) is 10.0 Å². The van der Waals surface area contributed by atoms with E-state index >= 15 is 0 Å². The van der Waals surface area contributed by atoms with E-state index in [0.29, 0.717) is 0 Å². The molecule has 4 aromatic carbocycles. The van der Waals surface area contributed by atoms with Crippen molar-refractivity contribution < 1.29 is 21.5 Å². The lowest BCUT2D eigenvalue weighted by Gasteiger charge is -2.11. The first kappa shape index (κ1) is 32.8. The summed E-state index contributed by atoms with van der Waals surface area (Å²) in [6.07, 6.45) is 12.2. The van der Waals surface area contributed by atoms with Gasteiger partial charge in [-0.15, -0.1) is 0 Å². The fourth-order valence-corrected chi connectivity index (χ4v) is 5.07. The van der Waals surface area contributed by atoms with Crippen molar-refractivity contribution in [3.05, 3.63) is 181 Å². The van der Waals surface area contributed by atoms with Gasteiger partial charge >= 0.3 is 0 Å². The molecule has 0 aliphatic rings. The van der Waals surface area contributed by atoms with Gasteiger partial charge in [-0.25, -0.2) is 9.13 Å². The number of pyridine rings is 2. The molecule has 0 saturated carbocycles. The normalized spacial score (nSPS) is 11.0. The molecule has 0 radical (unpaired) electrons. The van der Waals surface area contributed by atoms with Crippen LogP contribution in [0.2, 0.25) is 0 Å². The Morgan fingerprint density at radius 3 is 1.15 bits per heavy atom. The van der Waals surface area contributed by atoms with E-state index in [1.54, 1.807) is 0 Å². The highest BCUT2D eigenvalue weighted by Crippen LogP contribution is 2.21. The maximum atomic E-state index is 4.56. The first-order chi connectivity index (χ1) is 22.6. The SMILES string of the molecule is CN(/N=C/c1cc[n+](Cc2ccc(-c3ccc(C[n+]4ccc(/C=N/N(C)c5ccccc5)cc4)cc3)cc2)cc1)c1ccccc1.[Cl-]. The van der Waals surface area contributed by atoms with Gasteiger partial charge in [0, 0.05) is 60.6 Å². The summed E-state index contributed by atoms with van der Waals surface area (Å²) in [7, 11) is 3.91. The lowest BCUT2D eigenvalue weighted by atomic mass is 10.0. The van der Waals surface area contributed by atoms with Crippen molar-refractivity contribution in [2.75, 3.05) is 24.1 Å². The Morgan fingerprint density at radius 1 is 0.468 bits per heavy atom. The molecule has 0 bridgehead atoms. The van der Waals surface area contributed by atoms with Crippen LogP contribution < -0.4 is 31.6 Å². The summed E-state index contributed by atoms with van der Waals surface area (Å²) >= 11 is 0. The zero-order chi connectivity index (χ0) is 31.6. The van der Waals surface area contributed by atoms with Crippen LogP contribution in [0, 0.1) is 0 Å². The minimum Gasteiger partial charge on any atom is -1.00 e. The second-order valence-electron chi connectivity index (χ2n) is 11.2. The molecule has 2 heterocycles. The van der Waals surface area contributed by atoms with E-state index in [2.05, 4.69) is 117 Å². The van der Waals surface area contributed by atoms with Gasteiger partial charge in [0.1, 0.15) is 0 Å². The molecule has 7 heteroatoms. The zero-order valence-electron chi connectivity index (χ0n) is 26.6. The van der Waals surface area contributed by atoms with Crippen LogP contribution in [0.5, 0.6) is 0 Å². The smallest absolute Gasteiger partial charge is 0.173 e. The van der Waals surface area contributed by atoms with Gasteiger partial charge in [-0.05, 0) is 35.4 Å². The Kier molecular flexibility index (Phi) is 11.2. The molecule has 0 saturated heterocycles. The summed E-state index contributed by atoms with van der Waals surface area (Å²) in [5.41, 5.74) is 9.17. The number of para-hydroxylation sites is 2. The predicted molar refractivity (Wildman–Crippen MR) is 188 cm³/mol. The number of aromatic nitrogens is 2. The monoisotopic (exact) mass is 637 g/mol. The van der Waals surface area contributed by atoms with Gasteiger partial charge in [0.15, 0.2) is 37.9 Å². The molecule has 0 unspecified atom stereocenters. The maximum Gasteiger partial charge on any atom is 0.173 e. The standard InChI is InChI=1S/C40H38N6.ClH/c1-43(39-9-5-3-6-10-39)41-29-33-21-25-45(26-22-33)31-35-13-17-37(18-14-35)38-19-15-36(16-20-38)32-46-27-23-34(24-28-46)30-42-44(2)40-11-7-4-8-12-40;/h3-30H,31-32H2,1-2H3;1H/q+2;/p-1. The van der Waals surface area contributed by atoms with Crippen molar-refractivity contribution in [1.29, 1.82) is 0 Å². The zero-order valence-corrected chi connectivity index (χ0v) is 27.4. The lowest BCUT2D eigenvalue weighted by Crippen LogP contribution is -3.00. The molecule has 6 rings (SSSR count). The Labute approximate surface area is 283 Å². The first-order valence-electron chi connectivity index (χ1n) is 15.4. The van der Waals surface area contributed by atoms with E-state index in [0.717, 1.165) is 35.6 Å². The minimum absolute atomic E-state index is 0. The summed E-state index contributed by atoms with van der Waals surface area (Å²) in [6, 6.07) is 46.2. The first-order valence-corrected chi connectivity index (χ1v) is 15.4. The second-order valence-corrected chi connectivity index (χ2v) is 11.2. The number of benzene rings is 4. The molecule has 0 aliphatic carbocycles. The number of halogens is 1. The molecule has 0 N–H and O–H groups in total. The number of hydrogen-bond acceptors (Lipinski definition) is 4. The predicted octanol–water partition coefficient (Wildman–Crippen LogP) is 3.97.